The van der Waals surface area contributed by atoms with Crippen LogP contribution in [0.1, 0.15) is 34.3 Å². The molecule has 1 saturated heterocycles. The van der Waals surface area contributed by atoms with Crippen LogP contribution < -0.4 is 20.9 Å². The van der Waals surface area contributed by atoms with E-state index in [4.69, 9.17) is 4.74 Å². The highest BCUT2D eigenvalue weighted by atomic mass is 19.1. The topological polar surface area (TPSA) is 82.7 Å². The van der Waals surface area contributed by atoms with E-state index in [-0.39, 0.29) is 17.7 Å². The third kappa shape index (κ3) is 5.49. The van der Waals surface area contributed by atoms with Crippen LogP contribution in [0, 0.1) is 5.82 Å². The standard InChI is InChI=1S/C28H29FN4O3/c29-24-9-3-4-10-25(24)32-28(35)31-21-11-12-26(33-14-13-19-6-1-2-7-20(19)18-33)23(16-21)27(34)30-17-22-8-5-15-36-22/h1-4,6-7,9-12,16,22H,5,8,13-15,17-18H2,(H,30,34)(H2,31,32,35). The summed E-state index contributed by atoms with van der Waals surface area (Å²) in [6, 6.07) is 19.0. The SMILES string of the molecule is O=C(Nc1ccc(N2CCc3ccccc3C2)c(C(=O)NCC2CCCO2)c1)Nc1ccccc1F. The molecule has 8 heteroatoms. The number of carbonyl (C=O) groups is 2. The maximum absolute atomic E-state index is 13.9. The van der Waals surface area contributed by atoms with Crippen molar-refractivity contribution < 1.29 is 18.7 Å². The van der Waals surface area contributed by atoms with Gasteiger partial charge in [0.2, 0.25) is 0 Å². The van der Waals surface area contributed by atoms with E-state index in [1.807, 2.05) is 18.2 Å². The lowest BCUT2D eigenvalue weighted by Crippen LogP contribution is -2.35. The van der Waals surface area contributed by atoms with Crippen LogP contribution in [0.25, 0.3) is 0 Å². The summed E-state index contributed by atoms with van der Waals surface area (Å²) in [5.41, 5.74) is 4.34. The van der Waals surface area contributed by atoms with E-state index >= 15 is 0 Å². The van der Waals surface area contributed by atoms with Gasteiger partial charge in [-0.25, -0.2) is 9.18 Å². The zero-order valence-corrected chi connectivity index (χ0v) is 19.9. The molecule has 0 bridgehead atoms. The lowest BCUT2D eigenvalue weighted by molar-refractivity contribution is 0.0858. The Hall–Kier alpha value is -3.91. The van der Waals surface area contributed by atoms with E-state index in [1.54, 1.807) is 24.3 Å². The number of fused-ring (bicyclic) bond motifs is 1. The maximum atomic E-state index is 13.9. The Morgan fingerprint density at radius 1 is 1.00 bits per heavy atom. The van der Waals surface area contributed by atoms with E-state index < -0.39 is 11.8 Å². The van der Waals surface area contributed by atoms with Crippen LogP contribution in [0.5, 0.6) is 0 Å². The fourth-order valence-electron chi connectivity index (χ4n) is 4.73. The molecule has 1 unspecified atom stereocenters. The summed E-state index contributed by atoms with van der Waals surface area (Å²) >= 11 is 0. The van der Waals surface area contributed by atoms with E-state index in [1.165, 1.54) is 23.3 Å². The molecule has 3 N–H and O–H groups in total. The summed E-state index contributed by atoms with van der Waals surface area (Å²) < 4.78 is 19.6. The minimum atomic E-state index is -0.592. The Balaban J connectivity index is 1.36. The van der Waals surface area contributed by atoms with Crippen molar-refractivity contribution in [3.63, 3.8) is 0 Å². The van der Waals surface area contributed by atoms with E-state index in [0.29, 0.717) is 24.3 Å². The van der Waals surface area contributed by atoms with E-state index in [9.17, 15) is 14.0 Å². The smallest absolute Gasteiger partial charge is 0.323 e. The minimum absolute atomic E-state index is 0.0205. The number of nitrogens with one attached hydrogen (secondary N) is 3. The molecule has 5 rings (SSSR count). The van der Waals surface area contributed by atoms with Gasteiger partial charge in [0.1, 0.15) is 5.82 Å². The van der Waals surface area contributed by atoms with Crippen LogP contribution >= 0.6 is 0 Å². The van der Waals surface area contributed by atoms with Gasteiger partial charge in [-0.2, -0.15) is 0 Å². The summed E-state index contributed by atoms with van der Waals surface area (Å²) in [4.78, 5) is 28.0. The number of urea groups is 1. The highest BCUT2D eigenvalue weighted by Crippen LogP contribution is 2.30. The molecule has 2 aliphatic rings. The predicted molar refractivity (Wildman–Crippen MR) is 138 cm³/mol. The molecule has 2 heterocycles. The second-order valence-electron chi connectivity index (χ2n) is 9.08. The molecular formula is C28H29FN4O3. The van der Waals surface area contributed by atoms with Crippen molar-refractivity contribution in [1.29, 1.82) is 0 Å². The molecule has 186 valence electrons. The van der Waals surface area contributed by atoms with Crippen molar-refractivity contribution in [2.45, 2.75) is 31.9 Å². The molecule has 7 nitrogen and oxygen atoms in total. The molecule has 0 saturated carbocycles. The first-order chi connectivity index (χ1) is 17.6. The quantitative estimate of drug-likeness (QED) is 0.459. The fraction of sp³-hybridized carbons (Fsp3) is 0.286. The first-order valence-electron chi connectivity index (χ1n) is 12.2. The summed E-state index contributed by atoms with van der Waals surface area (Å²) in [6.07, 6.45) is 2.83. The average molecular weight is 489 g/mol. The Kier molecular flexibility index (Phi) is 7.13. The van der Waals surface area contributed by atoms with Gasteiger partial charge in [-0.05, 0) is 60.7 Å². The van der Waals surface area contributed by atoms with Gasteiger partial charge in [0.05, 0.1) is 17.4 Å². The number of ether oxygens (including phenoxy) is 1. The summed E-state index contributed by atoms with van der Waals surface area (Å²) in [5.74, 6) is -0.750. The second-order valence-corrected chi connectivity index (χ2v) is 9.08. The van der Waals surface area contributed by atoms with Crippen LogP contribution in [0.3, 0.4) is 0 Å². The minimum Gasteiger partial charge on any atom is -0.376 e. The lowest BCUT2D eigenvalue weighted by atomic mass is 9.98. The average Bonchev–Trinajstić information content (AvgIpc) is 3.42. The molecule has 1 fully saturated rings. The molecule has 36 heavy (non-hydrogen) atoms. The van der Waals surface area contributed by atoms with Crippen molar-refractivity contribution in [2.24, 2.45) is 0 Å². The Labute approximate surface area is 209 Å². The molecule has 0 spiro atoms. The zero-order valence-electron chi connectivity index (χ0n) is 19.9. The van der Waals surface area contributed by atoms with Crippen molar-refractivity contribution in [3.8, 4) is 0 Å². The second kappa shape index (κ2) is 10.8. The molecule has 1 atom stereocenters. The number of nitrogens with zero attached hydrogens (tertiary/aromatic N) is 1. The number of benzene rings is 3. The number of amides is 3. The number of anilines is 3. The zero-order chi connectivity index (χ0) is 24.9. The summed E-state index contributed by atoms with van der Waals surface area (Å²) in [6.45, 7) is 2.63. The van der Waals surface area contributed by atoms with Crippen molar-refractivity contribution in [3.05, 3.63) is 89.2 Å². The van der Waals surface area contributed by atoms with Gasteiger partial charge in [0.25, 0.3) is 5.91 Å². The Bertz CT molecular complexity index is 1260. The predicted octanol–water partition coefficient (Wildman–Crippen LogP) is 4.94. The van der Waals surface area contributed by atoms with Crippen LogP contribution in [-0.2, 0) is 17.7 Å². The molecule has 0 radical (unpaired) electrons. The summed E-state index contributed by atoms with van der Waals surface area (Å²) in [7, 11) is 0. The van der Waals surface area contributed by atoms with Gasteiger partial charge in [-0.15, -0.1) is 0 Å². The molecule has 3 aromatic rings. The van der Waals surface area contributed by atoms with Crippen molar-refractivity contribution in [1.82, 2.24) is 5.32 Å². The van der Waals surface area contributed by atoms with Crippen molar-refractivity contribution >= 4 is 29.0 Å². The fourth-order valence-corrected chi connectivity index (χ4v) is 4.73. The van der Waals surface area contributed by atoms with Crippen LogP contribution in [0.15, 0.2) is 66.7 Å². The van der Waals surface area contributed by atoms with Gasteiger partial charge in [0.15, 0.2) is 0 Å². The van der Waals surface area contributed by atoms with Crippen LogP contribution in [0.2, 0.25) is 0 Å². The highest BCUT2D eigenvalue weighted by molar-refractivity contribution is 6.04. The van der Waals surface area contributed by atoms with E-state index in [0.717, 1.165) is 38.1 Å². The lowest BCUT2D eigenvalue weighted by Gasteiger charge is -2.32. The first-order valence-corrected chi connectivity index (χ1v) is 12.2. The molecule has 2 aliphatic heterocycles. The van der Waals surface area contributed by atoms with Gasteiger partial charge >= 0.3 is 6.03 Å². The normalized spacial score (nSPS) is 16.8. The Morgan fingerprint density at radius 2 is 1.81 bits per heavy atom. The maximum Gasteiger partial charge on any atom is 0.323 e. The van der Waals surface area contributed by atoms with E-state index in [2.05, 4.69) is 33.0 Å². The number of hydrogen-bond acceptors (Lipinski definition) is 4. The monoisotopic (exact) mass is 488 g/mol. The van der Waals surface area contributed by atoms with Crippen LogP contribution in [-0.4, -0.2) is 37.7 Å². The van der Waals surface area contributed by atoms with Gasteiger partial charge in [-0.1, -0.05) is 36.4 Å². The number of rotatable bonds is 6. The molecule has 0 aromatic heterocycles. The molecule has 3 amide bonds. The third-order valence-corrected chi connectivity index (χ3v) is 6.61. The third-order valence-electron chi connectivity index (χ3n) is 6.61. The molecule has 3 aromatic carbocycles. The number of carbonyl (C=O) groups excluding carboxylic acids is 2. The largest absolute Gasteiger partial charge is 0.376 e. The van der Waals surface area contributed by atoms with Gasteiger partial charge in [0, 0.05) is 37.6 Å². The summed E-state index contributed by atoms with van der Waals surface area (Å²) in [5, 5.41) is 8.22. The highest BCUT2D eigenvalue weighted by Gasteiger charge is 2.23. The number of hydrogen-bond donors (Lipinski definition) is 3. The van der Waals surface area contributed by atoms with Gasteiger partial charge < -0.3 is 25.6 Å². The number of para-hydroxylation sites is 1. The first kappa shape index (κ1) is 23.8. The Morgan fingerprint density at radius 3 is 2.61 bits per heavy atom. The van der Waals surface area contributed by atoms with Crippen LogP contribution in [0.4, 0.5) is 26.2 Å². The molecule has 0 aliphatic carbocycles. The number of halogens is 1. The van der Waals surface area contributed by atoms with Gasteiger partial charge in [-0.3, -0.25) is 4.79 Å². The molecular weight excluding hydrogens is 459 g/mol. The van der Waals surface area contributed by atoms with Crippen molar-refractivity contribution in [2.75, 3.05) is 35.2 Å².